The molecule has 1 aliphatic carbocycles. The van der Waals surface area contributed by atoms with Gasteiger partial charge in [-0.15, -0.1) is 0 Å². The largest absolute Gasteiger partial charge is 0.376 e. The molecule has 2 rings (SSSR count). The van der Waals surface area contributed by atoms with Crippen LogP contribution in [0, 0.1) is 11.8 Å². The highest BCUT2D eigenvalue weighted by Gasteiger charge is 2.46. The number of hydrogen-bond donors (Lipinski definition) is 1. The van der Waals surface area contributed by atoms with E-state index in [0.29, 0.717) is 18.1 Å². The fourth-order valence-electron chi connectivity index (χ4n) is 4.05. The Morgan fingerprint density at radius 2 is 2.00 bits per heavy atom. The van der Waals surface area contributed by atoms with Crippen LogP contribution in [0.4, 0.5) is 0 Å². The van der Waals surface area contributed by atoms with Crippen LogP contribution in [0.1, 0.15) is 47.0 Å². The topological polar surface area (TPSA) is 38.5 Å². The highest BCUT2D eigenvalue weighted by Crippen LogP contribution is 2.42. The molecule has 18 heavy (non-hydrogen) atoms. The molecule has 5 atom stereocenters. The number of morpholine rings is 1. The SMILES string of the molecule is CC1CCC(CN)(N2CC(C)OCC2C)C(C)C1. The average Bonchev–Trinajstić information content (AvgIpc) is 2.34. The van der Waals surface area contributed by atoms with Crippen LogP contribution in [-0.2, 0) is 4.74 Å². The smallest absolute Gasteiger partial charge is 0.0675 e. The lowest BCUT2D eigenvalue weighted by Crippen LogP contribution is -2.66. The van der Waals surface area contributed by atoms with Crippen molar-refractivity contribution in [3.8, 4) is 0 Å². The highest BCUT2D eigenvalue weighted by atomic mass is 16.5. The summed E-state index contributed by atoms with van der Waals surface area (Å²) in [5, 5.41) is 0. The second-order valence-electron chi connectivity index (χ2n) is 6.73. The second kappa shape index (κ2) is 5.48. The Morgan fingerprint density at radius 1 is 1.28 bits per heavy atom. The Kier molecular flexibility index (Phi) is 4.35. The number of nitrogens with two attached hydrogens (primary N) is 1. The van der Waals surface area contributed by atoms with Gasteiger partial charge in [-0.25, -0.2) is 0 Å². The molecule has 3 nitrogen and oxygen atoms in total. The first-order valence-corrected chi connectivity index (χ1v) is 7.58. The van der Waals surface area contributed by atoms with Crippen LogP contribution in [0.3, 0.4) is 0 Å². The maximum Gasteiger partial charge on any atom is 0.0675 e. The third-order valence-corrected chi connectivity index (χ3v) is 5.28. The van der Waals surface area contributed by atoms with Crippen LogP contribution >= 0.6 is 0 Å². The summed E-state index contributed by atoms with van der Waals surface area (Å²) in [6.45, 7) is 11.9. The highest BCUT2D eigenvalue weighted by molar-refractivity contribution is 5.02. The molecule has 0 spiro atoms. The zero-order chi connectivity index (χ0) is 13.3. The van der Waals surface area contributed by atoms with E-state index in [1.165, 1.54) is 19.3 Å². The Morgan fingerprint density at radius 3 is 2.61 bits per heavy atom. The van der Waals surface area contributed by atoms with Crippen molar-refractivity contribution in [2.45, 2.75) is 64.6 Å². The van der Waals surface area contributed by atoms with E-state index in [-0.39, 0.29) is 5.54 Å². The molecule has 2 aliphatic rings. The molecule has 5 unspecified atom stereocenters. The van der Waals surface area contributed by atoms with Crippen LogP contribution in [-0.4, -0.2) is 42.3 Å². The van der Waals surface area contributed by atoms with Crippen molar-refractivity contribution < 1.29 is 4.74 Å². The summed E-state index contributed by atoms with van der Waals surface area (Å²) < 4.78 is 5.77. The summed E-state index contributed by atoms with van der Waals surface area (Å²) in [6.07, 6.45) is 4.23. The van der Waals surface area contributed by atoms with E-state index >= 15 is 0 Å². The van der Waals surface area contributed by atoms with Gasteiger partial charge in [0.25, 0.3) is 0 Å². The second-order valence-corrected chi connectivity index (χ2v) is 6.73. The first-order chi connectivity index (χ1) is 8.49. The third-order valence-electron chi connectivity index (χ3n) is 5.28. The molecule has 0 aromatic carbocycles. The molecule has 106 valence electrons. The van der Waals surface area contributed by atoms with Crippen LogP contribution < -0.4 is 5.73 Å². The Bertz CT molecular complexity index is 284. The maximum atomic E-state index is 6.23. The molecule has 1 heterocycles. The number of hydrogen-bond acceptors (Lipinski definition) is 3. The van der Waals surface area contributed by atoms with Crippen molar-refractivity contribution in [1.82, 2.24) is 4.90 Å². The van der Waals surface area contributed by atoms with Crippen LogP contribution in [0.15, 0.2) is 0 Å². The summed E-state index contributed by atoms with van der Waals surface area (Å²) in [5.74, 6) is 1.55. The summed E-state index contributed by atoms with van der Waals surface area (Å²) in [7, 11) is 0. The van der Waals surface area contributed by atoms with E-state index in [1.54, 1.807) is 0 Å². The number of nitrogens with zero attached hydrogens (tertiary/aromatic N) is 1. The quantitative estimate of drug-likeness (QED) is 0.821. The Hall–Kier alpha value is -0.120. The Balaban J connectivity index is 2.19. The van der Waals surface area contributed by atoms with Gasteiger partial charge >= 0.3 is 0 Å². The standard InChI is InChI=1S/C15H30N2O/c1-11-5-6-15(10-16,12(2)7-11)17-8-14(4)18-9-13(17)3/h11-14H,5-10,16H2,1-4H3. The van der Waals surface area contributed by atoms with E-state index in [9.17, 15) is 0 Å². The zero-order valence-corrected chi connectivity index (χ0v) is 12.5. The Labute approximate surface area is 112 Å². The molecule has 0 aromatic rings. The van der Waals surface area contributed by atoms with Crippen molar-refractivity contribution in [2.75, 3.05) is 19.7 Å². The first kappa shape index (κ1) is 14.3. The van der Waals surface area contributed by atoms with Gasteiger partial charge in [0, 0.05) is 24.7 Å². The molecule has 2 fully saturated rings. The van der Waals surface area contributed by atoms with Gasteiger partial charge in [0.1, 0.15) is 0 Å². The van der Waals surface area contributed by atoms with Gasteiger partial charge in [0.2, 0.25) is 0 Å². The van der Waals surface area contributed by atoms with Gasteiger partial charge in [-0.1, -0.05) is 13.8 Å². The van der Waals surface area contributed by atoms with Crippen LogP contribution in [0.2, 0.25) is 0 Å². The molecule has 0 aromatic heterocycles. The summed E-state index contributed by atoms with van der Waals surface area (Å²) in [5.41, 5.74) is 6.44. The minimum atomic E-state index is 0.212. The van der Waals surface area contributed by atoms with Crippen LogP contribution in [0.5, 0.6) is 0 Å². The van der Waals surface area contributed by atoms with Crippen molar-refractivity contribution in [3.63, 3.8) is 0 Å². The molecule has 3 heteroatoms. The van der Waals surface area contributed by atoms with Gasteiger partial charge in [0.05, 0.1) is 12.7 Å². The first-order valence-electron chi connectivity index (χ1n) is 7.58. The average molecular weight is 254 g/mol. The summed E-state index contributed by atoms with van der Waals surface area (Å²) in [4.78, 5) is 2.66. The monoisotopic (exact) mass is 254 g/mol. The molecule has 0 amide bonds. The van der Waals surface area contributed by atoms with E-state index in [0.717, 1.165) is 25.6 Å². The molecular formula is C15H30N2O. The zero-order valence-electron chi connectivity index (χ0n) is 12.5. The maximum absolute atomic E-state index is 6.23. The minimum Gasteiger partial charge on any atom is -0.376 e. The van der Waals surface area contributed by atoms with E-state index in [4.69, 9.17) is 10.5 Å². The number of rotatable bonds is 2. The van der Waals surface area contributed by atoms with Crippen molar-refractivity contribution >= 4 is 0 Å². The third kappa shape index (κ3) is 2.45. The lowest BCUT2D eigenvalue weighted by atomic mass is 9.68. The predicted octanol–water partition coefficient (Wildman–Crippen LogP) is 2.25. The fourth-order valence-corrected chi connectivity index (χ4v) is 4.05. The van der Waals surface area contributed by atoms with Crippen molar-refractivity contribution in [3.05, 3.63) is 0 Å². The number of ether oxygens (including phenoxy) is 1. The molecule has 2 N–H and O–H groups in total. The molecule has 1 saturated heterocycles. The summed E-state index contributed by atoms with van der Waals surface area (Å²) in [6, 6.07) is 0.501. The molecule has 1 saturated carbocycles. The molecule has 1 aliphatic heterocycles. The normalized spacial score (nSPS) is 47.2. The van der Waals surface area contributed by atoms with Gasteiger partial charge in [-0.05, 0) is 44.9 Å². The van der Waals surface area contributed by atoms with Gasteiger partial charge in [-0.2, -0.15) is 0 Å². The van der Waals surface area contributed by atoms with E-state index in [1.807, 2.05) is 0 Å². The molecular weight excluding hydrogens is 224 g/mol. The van der Waals surface area contributed by atoms with E-state index in [2.05, 4.69) is 32.6 Å². The lowest BCUT2D eigenvalue weighted by Gasteiger charge is -2.55. The van der Waals surface area contributed by atoms with Crippen molar-refractivity contribution in [2.24, 2.45) is 17.6 Å². The van der Waals surface area contributed by atoms with Crippen LogP contribution in [0.25, 0.3) is 0 Å². The molecule has 0 bridgehead atoms. The molecule has 0 radical (unpaired) electrons. The van der Waals surface area contributed by atoms with Gasteiger partial charge in [0.15, 0.2) is 0 Å². The fraction of sp³-hybridized carbons (Fsp3) is 1.00. The minimum absolute atomic E-state index is 0.212. The van der Waals surface area contributed by atoms with Gasteiger partial charge in [-0.3, -0.25) is 4.90 Å². The van der Waals surface area contributed by atoms with Gasteiger partial charge < -0.3 is 10.5 Å². The summed E-state index contributed by atoms with van der Waals surface area (Å²) >= 11 is 0. The van der Waals surface area contributed by atoms with E-state index < -0.39 is 0 Å². The van der Waals surface area contributed by atoms with Crippen molar-refractivity contribution in [1.29, 1.82) is 0 Å². The predicted molar refractivity (Wildman–Crippen MR) is 75.5 cm³/mol. The lowest BCUT2D eigenvalue weighted by molar-refractivity contribution is -0.119.